The van der Waals surface area contributed by atoms with Crippen LogP contribution in [0.3, 0.4) is 0 Å². The van der Waals surface area contributed by atoms with Crippen molar-refractivity contribution in [2.45, 2.75) is 47.0 Å². The molecule has 3 atom stereocenters. The summed E-state index contributed by atoms with van der Waals surface area (Å²) in [5.41, 5.74) is 3.34. The van der Waals surface area contributed by atoms with Crippen LogP contribution in [0, 0.1) is 31.6 Å². The summed E-state index contributed by atoms with van der Waals surface area (Å²) in [5, 5.41) is 3.10. The summed E-state index contributed by atoms with van der Waals surface area (Å²) in [6, 6.07) is 6.17. The molecule has 1 aliphatic carbocycles. The lowest BCUT2D eigenvalue weighted by Crippen LogP contribution is -2.16. The normalized spacial score (nSPS) is 25.2. The fourth-order valence-corrected chi connectivity index (χ4v) is 3.03. The Morgan fingerprint density at radius 3 is 2.68 bits per heavy atom. The van der Waals surface area contributed by atoms with Gasteiger partial charge in [-0.2, -0.15) is 0 Å². The largest absolute Gasteiger partial charge is 0.326 e. The maximum Gasteiger partial charge on any atom is 0.228 e. The van der Waals surface area contributed by atoms with E-state index < -0.39 is 0 Å². The molecule has 2 nitrogen and oxygen atoms in total. The fraction of sp³-hybridized carbons (Fsp3) is 0.588. The van der Waals surface area contributed by atoms with Gasteiger partial charge in [0.1, 0.15) is 0 Å². The fourth-order valence-electron chi connectivity index (χ4n) is 3.03. The van der Waals surface area contributed by atoms with E-state index in [1.165, 1.54) is 24.8 Å². The van der Waals surface area contributed by atoms with E-state index in [9.17, 15) is 4.79 Å². The standard InChI is InChI=1S/C17H25NO/c1-5-6-7-14-13(4)16(14)17(19)18-15-9-8-11(2)10-12(15)3/h8-10,13-14,16H,5-7H2,1-4H3,(H,18,19). The zero-order valence-electron chi connectivity index (χ0n) is 12.5. The van der Waals surface area contributed by atoms with E-state index in [1.54, 1.807) is 0 Å². The molecule has 3 unspecified atom stereocenters. The van der Waals surface area contributed by atoms with Crippen LogP contribution in [0.25, 0.3) is 0 Å². The Morgan fingerprint density at radius 1 is 1.32 bits per heavy atom. The van der Waals surface area contributed by atoms with Crippen LogP contribution in [0.5, 0.6) is 0 Å². The van der Waals surface area contributed by atoms with Crippen molar-refractivity contribution in [3.05, 3.63) is 29.3 Å². The van der Waals surface area contributed by atoms with Crippen LogP contribution in [-0.4, -0.2) is 5.91 Å². The number of hydrogen-bond acceptors (Lipinski definition) is 1. The van der Waals surface area contributed by atoms with E-state index in [0.717, 1.165) is 11.3 Å². The van der Waals surface area contributed by atoms with Crippen LogP contribution in [0.15, 0.2) is 18.2 Å². The number of nitrogens with one attached hydrogen (secondary N) is 1. The summed E-state index contributed by atoms with van der Waals surface area (Å²) >= 11 is 0. The number of rotatable bonds is 5. The van der Waals surface area contributed by atoms with Gasteiger partial charge in [-0.25, -0.2) is 0 Å². The Labute approximate surface area is 116 Å². The predicted octanol–water partition coefficient (Wildman–Crippen LogP) is 4.31. The highest BCUT2D eigenvalue weighted by atomic mass is 16.2. The molecule has 1 fully saturated rings. The Hall–Kier alpha value is -1.31. The zero-order chi connectivity index (χ0) is 14.0. The molecule has 0 aliphatic heterocycles. The highest BCUT2D eigenvalue weighted by Gasteiger charge is 2.50. The molecule has 0 aromatic heterocycles. The lowest BCUT2D eigenvalue weighted by atomic mass is 10.1. The quantitative estimate of drug-likeness (QED) is 0.838. The third kappa shape index (κ3) is 3.17. The monoisotopic (exact) mass is 259 g/mol. The molecule has 19 heavy (non-hydrogen) atoms. The minimum atomic E-state index is 0.209. The first kappa shape index (κ1) is 14.1. The molecule has 0 radical (unpaired) electrons. The molecule has 1 N–H and O–H groups in total. The summed E-state index contributed by atoms with van der Waals surface area (Å²) in [4.78, 5) is 12.3. The molecule has 0 saturated heterocycles. The van der Waals surface area contributed by atoms with Gasteiger partial charge < -0.3 is 5.32 Å². The summed E-state index contributed by atoms with van der Waals surface area (Å²) in [5.74, 6) is 1.59. The minimum absolute atomic E-state index is 0.209. The van der Waals surface area contributed by atoms with Gasteiger partial charge in [-0.05, 0) is 43.7 Å². The summed E-state index contributed by atoms with van der Waals surface area (Å²) < 4.78 is 0. The number of carbonyl (C=O) groups excluding carboxylic acids is 1. The van der Waals surface area contributed by atoms with E-state index in [1.807, 2.05) is 19.1 Å². The molecule has 1 amide bonds. The van der Waals surface area contributed by atoms with Crippen molar-refractivity contribution in [3.8, 4) is 0 Å². The first-order valence-corrected chi connectivity index (χ1v) is 7.42. The molecule has 2 heteroatoms. The van der Waals surface area contributed by atoms with Gasteiger partial charge in [-0.3, -0.25) is 4.79 Å². The third-order valence-corrected chi connectivity index (χ3v) is 4.40. The maximum absolute atomic E-state index is 12.3. The van der Waals surface area contributed by atoms with Crippen molar-refractivity contribution in [1.29, 1.82) is 0 Å². The number of aryl methyl sites for hydroxylation is 2. The highest BCUT2D eigenvalue weighted by molar-refractivity contribution is 5.95. The lowest BCUT2D eigenvalue weighted by Gasteiger charge is -2.09. The average molecular weight is 259 g/mol. The second-order valence-electron chi connectivity index (χ2n) is 6.00. The van der Waals surface area contributed by atoms with Gasteiger partial charge in [0.15, 0.2) is 0 Å². The smallest absolute Gasteiger partial charge is 0.228 e. The minimum Gasteiger partial charge on any atom is -0.326 e. The van der Waals surface area contributed by atoms with Gasteiger partial charge >= 0.3 is 0 Å². The van der Waals surface area contributed by atoms with Gasteiger partial charge in [0, 0.05) is 11.6 Å². The molecule has 1 aliphatic rings. The van der Waals surface area contributed by atoms with Gasteiger partial charge in [-0.15, -0.1) is 0 Å². The first-order valence-electron chi connectivity index (χ1n) is 7.42. The van der Waals surface area contributed by atoms with Gasteiger partial charge in [-0.1, -0.05) is 44.4 Å². The number of amides is 1. The van der Waals surface area contributed by atoms with Crippen LogP contribution in [0.4, 0.5) is 5.69 Å². The lowest BCUT2D eigenvalue weighted by molar-refractivity contribution is -0.117. The van der Waals surface area contributed by atoms with Crippen molar-refractivity contribution in [2.75, 3.05) is 5.32 Å². The second kappa shape index (κ2) is 5.77. The van der Waals surface area contributed by atoms with Gasteiger partial charge in [0.2, 0.25) is 5.91 Å². The second-order valence-corrected chi connectivity index (χ2v) is 6.00. The molecule has 2 rings (SSSR count). The highest BCUT2D eigenvalue weighted by Crippen LogP contribution is 2.49. The Balaban J connectivity index is 1.95. The van der Waals surface area contributed by atoms with E-state index in [0.29, 0.717) is 11.8 Å². The molecule has 1 aromatic carbocycles. The third-order valence-electron chi connectivity index (χ3n) is 4.40. The molecular formula is C17H25NO. The molecule has 1 saturated carbocycles. The van der Waals surface area contributed by atoms with Crippen molar-refractivity contribution in [3.63, 3.8) is 0 Å². The molecule has 0 spiro atoms. The van der Waals surface area contributed by atoms with Crippen molar-refractivity contribution in [1.82, 2.24) is 0 Å². The summed E-state index contributed by atoms with van der Waals surface area (Å²) in [6.45, 7) is 8.53. The van der Waals surface area contributed by atoms with Crippen molar-refractivity contribution < 1.29 is 4.79 Å². The molecule has 0 bridgehead atoms. The Morgan fingerprint density at radius 2 is 2.05 bits per heavy atom. The molecule has 0 heterocycles. The molecule has 104 valence electrons. The van der Waals surface area contributed by atoms with Gasteiger partial charge in [0.05, 0.1) is 0 Å². The van der Waals surface area contributed by atoms with Crippen LogP contribution in [0.2, 0.25) is 0 Å². The maximum atomic E-state index is 12.3. The van der Waals surface area contributed by atoms with Crippen LogP contribution >= 0.6 is 0 Å². The van der Waals surface area contributed by atoms with E-state index in [2.05, 4.69) is 32.2 Å². The van der Waals surface area contributed by atoms with E-state index in [-0.39, 0.29) is 11.8 Å². The number of anilines is 1. The predicted molar refractivity (Wildman–Crippen MR) is 80.2 cm³/mol. The average Bonchev–Trinajstić information content (AvgIpc) is 3.00. The Kier molecular flexibility index (Phi) is 4.28. The van der Waals surface area contributed by atoms with Crippen LogP contribution < -0.4 is 5.32 Å². The van der Waals surface area contributed by atoms with E-state index in [4.69, 9.17) is 0 Å². The number of unbranched alkanes of at least 4 members (excludes halogenated alkanes) is 1. The van der Waals surface area contributed by atoms with Crippen molar-refractivity contribution in [2.24, 2.45) is 17.8 Å². The number of hydrogen-bond donors (Lipinski definition) is 1. The van der Waals surface area contributed by atoms with Crippen LogP contribution in [-0.2, 0) is 4.79 Å². The molecule has 1 aromatic rings. The SMILES string of the molecule is CCCCC1C(C)C1C(=O)Nc1ccc(C)cc1C. The van der Waals surface area contributed by atoms with Crippen molar-refractivity contribution >= 4 is 11.6 Å². The van der Waals surface area contributed by atoms with E-state index >= 15 is 0 Å². The number of carbonyl (C=O) groups is 1. The summed E-state index contributed by atoms with van der Waals surface area (Å²) in [7, 11) is 0. The first-order chi connectivity index (χ1) is 9.04. The van der Waals surface area contributed by atoms with Gasteiger partial charge in [0.25, 0.3) is 0 Å². The summed E-state index contributed by atoms with van der Waals surface area (Å²) in [6.07, 6.45) is 3.65. The Bertz CT molecular complexity index is 466. The zero-order valence-corrected chi connectivity index (χ0v) is 12.5. The molecular weight excluding hydrogens is 234 g/mol. The van der Waals surface area contributed by atoms with Crippen LogP contribution in [0.1, 0.15) is 44.2 Å². The topological polar surface area (TPSA) is 29.1 Å². The number of benzene rings is 1.